The first-order valence-corrected chi connectivity index (χ1v) is 29.5. The van der Waals surface area contributed by atoms with Crippen LogP contribution >= 0.6 is 0 Å². The van der Waals surface area contributed by atoms with Gasteiger partial charge in [-0.15, -0.1) is 0 Å². The van der Waals surface area contributed by atoms with Crippen molar-refractivity contribution < 1.29 is 0 Å². The molecule has 0 bridgehead atoms. The van der Waals surface area contributed by atoms with Crippen LogP contribution in [-0.2, 0) is 0 Å². The van der Waals surface area contributed by atoms with E-state index in [1.807, 2.05) is 0 Å². The zero-order valence-corrected chi connectivity index (χ0v) is 33.7. The second kappa shape index (κ2) is 19.2. The Bertz CT molecular complexity index is 916. The molecule has 0 nitrogen and oxygen atoms in total. The van der Waals surface area contributed by atoms with Gasteiger partial charge >= 0.3 is 269 Å². The first-order chi connectivity index (χ1) is 19.6. The summed E-state index contributed by atoms with van der Waals surface area (Å²) in [6.07, 6.45) is 8.00. The average molecular weight is 787 g/mol. The number of rotatable bonds is 18. The Kier molecular flexibility index (Phi) is 16.5. The second-order valence-corrected chi connectivity index (χ2v) is 31.2. The monoisotopic (exact) mass is 786 g/mol. The summed E-state index contributed by atoms with van der Waals surface area (Å²) in [5.74, 6) is 0. The number of hydrogen-bond donors (Lipinski definition) is 0. The normalized spacial score (nSPS) is 11.8. The summed E-state index contributed by atoms with van der Waals surface area (Å²) in [5.41, 5.74) is 0. The molecule has 3 aromatic rings. The van der Waals surface area contributed by atoms with Crippen molar-refractivity contribution >= 4 is 84.7 Å². The van der Waals surface area contributed by atoms with Crippen LogP contribution in [-0.4, -0.2) is 58.6 Å². The van der Waals surface area contributed by atoms with Gasteiger partial charge in [0.2, 0.25) is 0 Å². The quantitative estimate of drug-likeness (QED) is 0.125. The molecule has 0 amide bonds. The van der Waals surface area contributed by atoms with Crippen LogP contribution in [0.25, 0.3) is 0 Å². The van der Waals surface area contributed by atoms with E-state index in [0.717, 1.165) is 0 Å². The Hall–Kier alpha value is -0.106. The SMILES string of the molecule is CCC[As](CCC)c1ccc([As](c2ccc([As](CCC)CCC)cc2)c2ccc([As](CCC)CCC)cc2)cc1. The van der Waals surface area contributed by atoms with Crippen molar-refractivity contribution in [2.45, 2.75) is 111 Å². The van der Waals surface area contributed by atoms with Crippen LogP contribution < -0.4 is 26.1 Å². The summed E-state index contributed by atoms with van der Waals surface area (Å²) in [4.78, 5) is 0. The summed E-state index contributed by atoms with van der Waals surface area (Å²) in [6, 6.07) is 30.5. The molecule has 3 rings (SSSR count). The summed E-state index contributed by atoms with van der Waals surface area (Å²) in [6.45, 7) is 14.2. The van der Waals surface area contributed by atoms with Crippen LogP contribution in [0.5, 0.6) is 0 Å². The fourth-order valence-corrected chi connectivity index (χ4v) is 25.4. The van der Waals surface area contributed by atoms with Gasteiger partial charge in [-0.3, -0.25) is 0 Å². The van der Waals surface area contributed by atoms with Crippen molar-refractivity contribution in [3.05, 3.63) is 72.8 Å². The summed E-state index contributed by atoms with van der Waals surface area (Å²) < 4.78 is 9.90. The van der Waals surface area contributed by atoms with E-state index >= 15 is 0 Å². The van der Waals surface area contributed by atoms with Crippen LogP contribution in [0.4, 0.5) is 0 Å². The average Bonchev–Trinajstić information content (AvgIpc) is 2.98. The second-order valence-electron chi connectivity index (χ2n) is 10.8. The Morgan fingerprint density at radius 3 is 0.650 bits per heavy atom. The van der Waals surface area contributed by atoms with Gasteiger partial charge in [-0.2, -0.15) is 0 Å². The molecule has 0 radical (unpaired) electrons. The van der Waals surface area contributed by atoms with E-state index in [2.05, 4.69) is 114 Å². The van der Waals surface area contributed by atoms with Gasteiger partial charge in [0.05, 0.1) is 0 Å². The van der Waals surface area contributed by atoms with Crippen molar-refractivity contribution in [1.29, 1.82) is 0 Å². The molecular formula is C36H54As4. The molecule has 0 saturated heterocycles. The third-order valence-electron chi connectivity index (χ3n) is 7.38. The van der Waals surface area contributed by atoms with Crippen molar-refractivity contribution in [2.24, 2.45) is 0 Å². The van der Waals surface area contributed by atoms with E-state index in [1.165, 1.54) is 69.8 Å². The maximum atomic E-state index is 2.54. The van der Waals surface area contributed by atoms with E-state index in [4.69, 9.17) is 0 Å². The zero-order valence-electron chi connectivity index (χ0n) is 26.2. The molecule has 0 unspecified atom stereocenters. The van der Waals surface area contributed by atoms with Gasteiger partial charge in [0.25, 0.3) is 0 Å². The molecule has 218 valence electrons. The fourth-order valence-electron chi connectivity index (χ4n) is 5.61. The van der Waals surface area contributed by atoms with Crippen LogP contribution in [0.2, 0.25) is 31.3 Å². The van der Waals surface area contributed by atoms with E-state index in [-0.39, 0.29) is 0 Å². The number of hydrogen-bond acceptors (Lipinski definition) is 0. The summed E-state index contributed by atoms with van der Waals surface area (Å²) in [7, 11) is 0. The van der Waals surface area contributed by atoms with Crippen LogP contribution in [0, 0.1) is 0 Å². The minimum absolute atomic E-state index is 0.907. The first-order valence-electron chi connectivity index (χ1n) is 15.9. The summed E-state index contributed by atoms with van der Waals surface area (Å²) in [5, 5.41) is 8.70. The maximum absolute atomic E-state index is 2.54. The molecule has 0 saturated carbocycles. The van der Waals surface area contributed by atoms with Gasteiger partial charge in [0.15, 0.2) is 0 Å². The fraction of sp³-hybridized carbons (Fsp3) is 0.500. The van der Waals surface area contributed by atoms with E-state index in [9.17, 15) is 0 Å². The third kappa shape index (κ3) is 9.98. The molecular weight excluding hydrogens is 732 g/mol. The molecule has 0 atom stereocenters. The molecule has 0 aliphatic heterocycles. The summed E-state index contributed by atoms with van der Waals surface area (Å²) >= 11 is -4.33. The Morgan fingerprint density at radius 1 is 0.300 bits per heavy atom. The molecule has 0 heterocycles. The molecule has 0 spiro atoms. The molecule has 40 heavy (non-hydrogen) atoms. The van der Waals surface area contributed by atoms with Crippen molar-refractivity contribution in [3.8, 4) is 0 Å². The van der Waals surface area contributed by atoms with Gasteiger partial charge in [0, 0.05) is 0 Å². The third-order valence-corrected chi connectivity index (χ3v) is 31.4. The molecule has 4 heteroatoms. The van der Waals surface area contributed by atoms with Gasteiger partial charge < -0.3 is 0 Å². The van der Waals surface area contributed by atoms with Crippen LogP contribution in [0.15, 0.2) is 72.8 Å². The van der Waals surface area contributed by atoms with Crippen molar-refractivity contribution in [1.82, 2.24) is 0 Å². The predicted molar refractivity (Wildman–Crippen MR) is 191 cm³/mol. The molecule has 0 fully saturated rings. The van der Waals surface area contributed by atoms with Crippen molar-refractivity contribution in [3.63, 3.8) is 0 Å². The topological polar surface area (TPSA) is 0 Å². The molecule has 0 N–H and O–H groups in total. The first kappa shape index (κ1) is 34.4. The Labute approximate surface area is 266 Å². The van der Waals surface area contributed by atoms with Gasteiger partial charge in [-0.05, 0) is 0 Å². The van der Waals surface area contributed by atoms with Gasteiger partial charge in [-0.25, -0.2) is 0 Å². The standard InChI is InChI=1S/C36H54As4/c1-7-25-37(26-8-2)31-13-19-34(20-14-31)40(35-21-15-32(16-22-35)38(27-9-3)28-10-4)36-23-17-33(18-24-36)39(29-11-5)30-12-6/h13-24H,7-12,25-30H2,1-6H3. The zero-order chi connectivity index (χ0) is 28.7. The van der Waals surface area contributed by atoms with Gasteiger partial charge in [-0.1, -0.05) is 0 Å². The molecule has 0 aromatic heterocycles. The van der Waals surface area contributed by atoms with E-state index in [1.54, 1.807) is 26.1 Å². The molecule has 3 aromatic carbocycles. The number of benzene rings is 3. The molecule has 0 aliphatic rings. The van der Waals surface area contributed by atoms with Gasteiger partial charge in [0.1, 0.15) is 0 Å². The van der Waals surface area contributed by atoms with Crippen LogP contribution in [0.1, 0.15) is 80.1 Å². The Morgan fingerprint density at radius 2 is 0.475 bits per heavy atom. The minimum atomic E-state index is -1.60. The molecule has 0 aliphatic carbocycles. The Balaban J connectivity index is 2.00. The van der Waals surface area contributed by atoms with Crippen LogP contribution in [0.3, 0.4) is 0 Å². The predicted octanol–water partition coefficient (Wildman–Crippen LogP) is 6.77. The van der Waals surface area contributed by atoms with E-state index in [0.29, 0.717) is 0 Å². The van der Waals surface area contributed by atoms with Crippen molar-refractivity contribution in [2.75, 3.05) is 0 Å². The van der Waals surface area contributed by atoms with E-state index < -0.39 is 58.6 Å².